The predicted molar refractivity (Wildman–Crippen MR) is 114 cm³/mol. The molecule has 1 N–H and O–H groups in total. The number of fused-ring (bicyclic) bond motifs is 3. The van der Waals surface area contributed by atoms with Crippen LogP contribution in [0.2, 0.25) is 0 Å². The minimum absolute atomic E-state index is 0.105. The molecule has 3 aromatic rings. The van der Waals surface area contributed by atoms with E-state index < -0.39 is 0 Å². The highest BCUT2D eigenvalue weighted by atomic mass is 16.5. The Balaban J connectivity index is 1.84. The maximum Gasteiger partial charge on any atom is 0.163 e. The van der Waals surface area contributed by atoms with Gasteiger partial charge in [0, 0.05) is 29.9 Å². The van der Waals surface area contributed by atoms with Crippen LogP contribution < -0.4 is 4.74 Å². The van der Waals surface area contributed by atoms with Crippen molar-refractivity contribution in [2.45, 2.75) is 39.5 Å². The Kier molecular flexibility index (Phi) is 3.86. The van der Waals surface area contributed by atoms with Crippen LogP contribution in [0.1, 0.15) is 49.3 Å². The van der Waals surface area contributed by atoms with Crippen LogP contribution >= 0.6 is 0 Å². The second-order valence-electron chi connectivity index (χ2n) is 9.05. The summed E-state index contributed by atoms with van der Waals surface area (Å²) in [6, 6.07) is 17.6. The number of allylic oxidation sites excluding steroid dienone is 2. The van der Waals surface area contributed by atoms with Crippen LogP contribution in [-0.2, 0) is 4.79 Å². The largest absolute Gasteiger partial charge is 0.508 e. The molecule has 3 heteroatoms. The van der Waals surface area contributed by atoms with Gasteiger partial charge in [0.05, 0.1) is 0 Å². The third kappa shape index (κ3) is 2.84. The molecule has 1 atom stereocenters. The van der Waals surface area contributed by atoms with Crippen molar-refractivity contribution in [3.63, 3.8) is 0 Å². The van der Waals surface area contributed by atoms with Crippen molar-refractivity contribution in [1.82, 2.24) is 0 Å². The zero-order valence-electron chi connectivity index (χ0n) is 17.0. The molecule has 0 saturated heterocycles. The van der Waals surface area contributed by atoms with Crippen LogP contribution in [-0.4, -0.2) is 10.9 Å². The fraction of sp³-hybridized carbons (Fsp3) is 0.269. The Morgan fingerprint density at radius 1 is 1.03 bits per heavy atom. The molecular formula is C26H24O3. The van der Waals surface area contributed by atoms with Gasteiger partial charge < -0.3 is 9.84 Å². The highest BCUT2D eigenvalue weighted by Crippen LogP contribution is 2.52. The molecule has 1 heterocycles. The van der Waals surface area contributed by atoms with Crippen molar-refractivity contribution in [2.24, 2.45) is 5.41 Å². The average Bonchev–Trinajstić information content (AvgIpc) is 2.65. The molecule has 1 unspecified atom stereocenters. The molecule has 3 nitrogen and oxygen atoms in total. The second kappa shape index (κ2) is 6.21. The number of carbonyl (C=O) groups excluding carboxylic acids is 1. The fourth-order valence-electron chi connectivity index (χ4n) is 4.90. The Bertz CT molecular complexity index is 1200. The zero-order chi connectivity index (χ0) is 20.3. The lowest BCUT2D eigenvalue weighted by Gasteiger charge is -2.39. The van der Waals surface area contributed by atoms with Gasteiger partial charge in [-0.05, 0) is 52.4 Å². The summed E-state index contributed by atoms with van der Waals surface area (Å²) in [5.74, 6) is 1.86. The van der Waals surface area contributed by atoms with E-state index in [1.807, 2.05) is 30.3 Å². The maximum atomic E-state index is 13.4. The van der Waals surface area contributed by atoms with E-state index in [1.165, 1.54) is 0 Å². The summed E-state index contributed by atoms with van der Waals surface area (Å²) >= 11 is 0. The monoisotopic (exact) mass is 384 g/mol. The number of carbonyl (C=O) groups is 1. The van der Waals surface area contributed by atoms with Gasteiger partial charge >= 0.3 is 0 Å². The van der Waals surface area contributed by atoms with E-state index in [0.29, 0.717) is 6.42 Å². The average molecular weight is 384 g/mol. The molecule has 5 rings (SSSR count). The number of Topliss-reactive ketones (excluding diaryl/α,β-unsaturated/α-hetero) is 1. The molecule has 29 heavy (non-hydrogen) atoms. The topological polar surface area (TPSA) is 46.5 Å². The van der Waals surface area contributed by atoms with Gasteiger partial charge in [-0.2, -0.15) is 0 Å². The summed E-state index contributed by atoms with van der Waals surface area (Å²) in [7, 11) is 0. The minimum Gasteiger partial charge on any atom is -0.508 e. The molecule has 1 aliphatic carbocycles. The first-order valence-corrected chi connectivity index (χ1v) is 10.1. The fourth-order valence-corrected chi connectivity index (χ4v) is 4.90. The molecule has 146 valence electrons. The lowest BCUT2D eigenvalue weighted by atomic mass is 9.69. The smallest absolute Gasteiger partial charge is 0.163 e. The van der Waals surface area contributed by atoms with Crippen molar-refractivity contribution in [3.05, 3.63) is 82.6 Å². The molecule has 2 aliphatic rings. The summed E-state index contributed by atoms with van der Waals surface area (Å²) in [5, 5.41) is 11.9. The van der Waals surface area contributed by atoms with Gasteiger partial charge in [0.25, 0.3) is 0 Å². The quantitative estimate of drug-likeness (QED) is 0.558. The highest BCUT2D eigenvalue weighted by Gasteiger charge is 2.42. The third-order valence-electron chi connectivity index (χ3n) is 6.19. The van der Waals surface area contributed by atoms with Crippen molar-refractivity contribution >= 4 is 16.6 Å². The standard InChI is InChI=1S/C26H24O3/c1-15-6-4-5-7-18(15)24-23-19-10-9-17(27)12-16(19)8-11-21(23)29-22-14-26(2,3)13-20(28)25(22)24/h4-12,24,27H,13-14H2,1-3H3. The molecule has 0 saturated carbocycles. The Morgan fingerprint density at radius 2 is 1.83 bits per heavy atom. The first-order valence-electron chi connectivity index (χ1n) is 10.1. The summed E-state index contributed by atoms with van der Waals surface area (Å²) in [4.78, 5) is 13.4. The number of hydrogen-bond acceptors (Lipinski definition) is 3. The maximum absolute atomic E-state index is 13.4. The SMILES string of the molecule is Cc1ccccc1C1C2=C(CC(C)(C)CC2=O)Oc2ccc3cc(O)ccc3c21. The first-order chi connectivity index (χ1) is 13.8. The van der Waals surface area contributed by atoms with Crippen LogP contribution in [0, 0.1) is 12.3 Å². The summed E-state index contributed by atoms with van der Waals surface area (Å²) < 4.78 is 6.37. The lowest BCUT2D eigenvalue weighted by Crippen LogP contribution is -2.33. The van der Waals surface area contributed by atoms with E-state index in [1.54, 1.807) is 12.1 Å². The minimum atomic E-state index is -0.160. The molecule has 0 aromatic heterocycles. The van der Waals surface area contributed by atoms with E-state index in [-0.39, 0.29) is 22.9 Å². The molecule has 1 aliphatic heterocycles. The van der Waals surface area contributed by atoms with Gasteiger partial charge in [0.2, 0.25) is 0 Å². The first kappa shape index (κ1) is 18.0. The lowest BCUT2D eigenvalue weighted by molar-refractivity contribution is -0.118. The van der Waals surface area contributed by atoms with E-state index in [0.717, 1.165) is 51.0 Å². The number of rotatable bonds is 1. The van der Waals surface area contributed by atoms with E-state index in [9.17, 15) is 9.90 Å². The zero-order valence-corrected chi connectivity index (χ0v) is 17.0. The molecule has 0 amide bonds. The van der Waals surface area contributed by atoms with Gasteiger partial charge in [-0.1, -0.05) is 50.2 Å². The second-order valence-corrected chi connectivity index (χ2v) is 9.05. The number of phenolic OH excluding ortho intramolecular Hbond substituents is 1. The predicted octanol–water partition coefficient (Wildman–Crippen LogP) is 6.02. The third-order valence-corrected chi connectivity index (χ3v) is 6.19. The molecule has 0 spiro atoms. The van der Waals surface area contributed by atoms with E-state index in [2.05, 4.69) is 32.9 Å². The van der Waals surface area contributed by atoms with Crippen LogP contribution in [0.15, 0.2) is 65.9 Å². The van der Waals surface area contributed by atoms with Crippen molar-refractivity contribution < 1.29 is 14.6 Å². The number of benzene rings is 3. The van der Waals surface area contributed by atoms with Crippen LogP contribution in [0.5, 0.6) is 11.5 Å². The number of ketones is 1. The number of aryl methyl sites for hydroxylation is 1. The summed E-state index contributed by atoms with van der Waals surface area (Å²) in [6.45, 7) is 6.35. The van der Waals surface area contributed by atoms with Gasteiger partial charge in [0.1, 0.15) is 17.3 Å². The Hall–Kier alpha value is -3.07. The van der Waals surface area contributed by atoms with Gasteiger partial charge in [-0.15, -0.1) is 0 Å². The summed E-state index contributed by atoms with van der Waals surface area (Å²) in [6.07, 6.45) is 1.28. The Labute approximate surface area is 170 Å². The van der Waals surface area contributed by atoms with Gasteiger partial charge in [-0.3, -0.25) is 4.79 Å². The highest BCUT2D eigenvalue weighted by molar-refractivity contribution is 6.02. The summed E-state index contributed by atoms with van der Waals surface area (Å²) in [5.41, 5.74) is 4.01. The Morgan fingerprint density at radius 3 is 2.62 bits per heavy atom. The molecule has 0 fully saturated rings. The number of ether oxygens (including phenoxy) is 1. The molecule has 0 bridgehead atoms. The number of aromatic hydroxyl groups is 1. The van der Waals surface area contributed by atoms with E-state index in [4.69, 9.17) is 4.74 Å². The van der Waals surface area contributed by atoms with Crippen molar-refractivity contribution in [1.29, 1.82) is 0 Å². The van der Waals surface area contributed by atoms with E-state index >= 15 is 0 Å². The van der Waals surface area contributed by atoms with Gasteiger partial charge in [0.15, 0.2) is 5.78 Å². The van der Waals surface area contributed by atoms with Gasteiger partial charge in [-0.25, -0.2) is 0 Å². The van der Waals surface area contributed by atoms with Crippen LogP contribution in [0.3, 0.4) is 0 Å². The van der Waals surface area contributed by atoms with Crippen molar-refractivity contribution in [3.8, 4) is 11.5 Å². The molecular weight excluding hydrogens is 360 g/mol. The van der Waals surface area contributed by atoms with Crippen LogP contribution in [0.4, 0.5) is 0 Å². The number of phenols is 1. The van der Waals surface area contributed by atoms with Crippen LogP contribution in [0.25, 0.3) is 10.8 Å². The molecule has 0 radical (unpaired) electrons. The molecule has 3 aromatic carbocycles. The van der Waals surface area contributed by atoms with Crippen molar-refractivity contribution in [2.75, 3.05) is 0 Å². The number of hydrogen-bond donors (Lipinski definition) is 1. The normalized spacial score (nSPS) is 20.2.